The summed E-state index contributed by atoms with van der Waals surface area (Å²) in [4.78, 5) is 21.6. The van der Waals surface area contributed by atoms with E-state index in [0.29, 0.717) is 10.2 Å². The van der Waals surface area contributed by atoms with E-state index >= 15 is 0 Å². The number of halogens is 1. The van der Waals surface area contributed by atoms with Crippen LogP contribution in [0.15, 0.2) is 40.9 Å². The molecule has 0 saturated heterocycles. The van der Waals surface area contributed by atoms with Gasteiger partial charge in [-0.15, -0.1) is 0 Å². The molecule has 2 aromatic rings. The van der Waals surface area contributed by atoms with E-state index in [9.17, 15) is 19.8 Å². The largest absolute Gasteiger partial charge is 0.545 e. The molecule has 7 heteroatoms. The number of ether oxygens (including phenoxy) is 2. The van der Waals surface area contributed by atoms with Gasteiger partial charge in [-0.05, 0) is 39.2 Å². The average Bonchev–Trinajstić information content (AvgIpc) is 2.53. The molecule has 0 aliphatic rings. The van der Waals surface area contributed by atoms with Gasteiger partial charge in [0.2, 0.25) is 0 Å². The molecule has 0 aliphatic heterocycles. The van der Waals surface area contributed by atoms with Crippen molar-refractivity contribution in [2.45, 2.75) is 6.61 Å². The van der Waals surface area contributed by atoms with Gasteiger partial charge in [0, 0.05) is 5.56 Å². The van der Waals surface area contributed by atoms with Gasteiger partial charge in [-0.25, -0.2) is 0 Å². The molecule has 0 atom stereocenters. The number of aromatic carboxylic acids is 2. The van der Waals surface area contributed by atoms with Crippen molar-refractivity contribution < 1.29 is 29.3 Å². The molecule has 0 radical (unpaired) electrons. The van der Waals surface area contributed by atoms with E-state index in [4.69, 9.17) is 9.47 Å². The number of carboxylic acids is 2. The Kier molecular flexibility index (Phi) is 5.23. The highest BCUT2D eigenvalue weighted by atomic mass is 79.9. The number of carboxylic acid groups (broad SMARTS) is 2. The van der Waals surface area contributed by atoms with Gasteiger partial charge in [-0.1, -0.05) is 24.3 Å². The van der Waals surface area contributed by atoms with Crippen molar-refractivity contribution in [2.24, 2.45) is 0 Å². The Bertz CT molecular complexity index is 739. The number of rotatable bonds is 6. The first kappa shape index (κ1) is 16.8. The van der Waals surface area contributed by atoms with Gasteiger partial charge < -0.3 is 29.3 Å². The second kappa shape index (κ2) is 7.15. The number of carbonyl (C=O) groups is 2. The normalized spacial score (nSPS) is 10.2. The molecule has 0 bridgehead atoms. The van der Waals surface area contributed by atoms with Crippen molar-refractivity contribution >= 4 is 27.9 Å². The first-order valence-corrected chi connectivity index (χ1v) is 7.23. The number of methoxy groups -OCH3 is 1. The minimum absolute atomic E-state index is 0.0422. The van der Waals surface area contributed by atoms with E-state index in [2.05, 4.69) is 15.9 Å². The SMILES string of the molecule is COc1cc(C(=O)[O-])cc(Br)c1OCc1ccc(C(=O)[O-])cc1. The molecule has 0 aromatic heterocycles. The average molecular weight is 379 g/mol. The summed E-state index contributed by atoms with van der Waals surface area (Å²) in [5.41, 5.74) is 0.762. The molecule has 0 amide bonds. The molecule has 0 heterocycles. The monoisotopic (exact) mass is 378 g/mol. The summed E-state index contributed by atoms with van der Waals surface area (Å²) in [6.45, 7) is 0.146. The predicted molar refractivity (Wildman–Crippen MR) is 80.1 cm³/mol. The molecule has 23 heavy (non-hydrogen) atoms. The van der Waals surface area contributed by atoms with Crippen LogP contribution in [0.3, 0.4) is 0 Å². The van der Waals surface area contributed by atoms with Crippen LogP contribution in [0, 0.1) is 0 Å². The minimum Gasteiger partial charge on any atom is -0.545 e. The lowest BCUT2D eigenvalue weighted by molar-refractivity contribution is -0.256. The van der Waals surface area contributed by atoms with Crippen LogP contribution in [-0.4, -0.2) is 19.0 Å². The van der Waals surface area contributed by atoms with Crippen molar-refractivity contribution in [1.29, 1.82) is 0 Å². The molecule has 0 N–H and O–H groups in total. The van der Waals surface area contributed by atoms with E-state index in [0.717, 1.165) is 5.56 Å². The van der Waals surface area contributed by atoms with Crippen LogP contribution >= 0.6 is 15.9 Å². The summed E-state index contributed by atoms with van der Waals surface area (Å²) >= 11 is 3.23. The highest BCUT2D eigenvalue weighted by Gasteiger charge is 2.12. The molecule has 2 rings (SSSR count). The zero-order valence-electron chi connectivity index (χ0n) is 12.0. The van der Waals surface area contributed by atoms with Gasteiger partial charge >= 0.3 is 0 Å². The van der Waals surface area contributed by atoms with Crippen molar-refractivity contribution in [3.05, 3.63) is 57.6 Å². The van der Waals surface area contributed by atoms with E-state index in [1.807, 2.05) is 0 Å². The standard InChI is InChI=1S/C16H13BrO6/c1-22-13-7-11(16(20)21)6-12(17)14(13)23-8-9-2-4-10(5-3-9)15(18)19/h2-7H,8H2,1H3,(H,18,19)(H,20,21)/p-2. The van der Waals surface area contributed by atoms with Crippen molar-refractivity contribution in [3.8, 4) is 11.5 Å². The Balaban J connectivity index is 2.19. The zero-order valence-corrected chi connectivity index (χ0v) is 13.6. The van der Waals surface area contributed by atoms with E-state index in [1.54, 1.807) is 12.1 Å². The van der Waals surface area contributed by atoms with E-state index < -0.39 is 11.9 Å². The number of hydrogen-bond acceptors (Lipinski definition) is 6. The smallest absolute Gasteiger partial charge is 0.175 e. The van der Waals surface area contributed by atoms with Gasteiger partial charge in [-0.3, -0.25) is 0 Å². The van der Waals surface area contributed by atoms with Crippen LogP contribution in [0.4, 0.5) is 0 Å². The summed E-state index contributed by atoms with van der Waals surface area (Å²) < 4.78 is 11.2. The molecule has 0 unspecified atom stereocenters. The maximum absolute atomic E-state index is 10.9. The Labute approximate surface area is 140 Å². The van der Waals surface area contributed by atoms with Crippen LogP contribution < -0.4 is 19.7 Å². The lowest BCUT2D eigenvalue weighted by atomic mass is 10.1. The van der Waals surface area contributed by atoms with E-state index in [1.165, 1.54) is 31.4 Å². The second-order valence-corrected chi connectivity index (χ2v) is 5.40. The summed E-state index contributed by atoms with van der Waals surface area (Å²) in [6.07, 6.45) is 0. The highest BCUT2D eigenvalue weighted by molar-refractivity contribution is 9.10. The van der Waals surface area contributed by atoms with Crippen LogP contribution in [0.25, 0.3) is 0 Å². The second-order valence-electron chi connectivity index (χ2n) is 4.55. The molecule has 0 saturated carbocycles. The molecule has 6 nitrogen and oxygen atoms in total. The van der Waals surface area contributed by atoms with Crippen molar-refractivity contribution in [1.82, 2.24) is 0 Å². The molecule has 0 fully saturated rings. The lowest BCUT2D eigenvalue weighted by Crippen LogP contribution is -2.22. The number of benzene rings is 2. The topological polar surface area (TPSA) is 98.7 Å². The first-order chi connectivity index (χ1) is 10.9. The fraction of sp³-hybridized carbons (Fsp3) is 0.125. The first-order valence-electron chi connectivity index (χ1n) is 6.44. The molecular weight excluding hydrogens is 368 g/mol. The maximum atomic E-state index is 10.9. The van der Waals surface area contributed by atoms with Gasteiger partial charge in [0.05, 0.1) is 23.5 Å². The predicted octanol–water partition coefficient (Wildman–Crippen LogP) is 0.764. The summed E-state index contributed by atoms with van der Waals surface area (Å²) in [7, 11) is 1.39. The van der Waals surface area contributed by atoms with Gasteiger partial charge in [0.1, 0.15) is 6.61 Å². The van der Waals surface area contributed by atoms with Crippen molar-refractivity contribution in [2.75, 3.05) is 7.11 Å². The summed E-state index contributed by atoms with van der Waals surface area (Å²) in [6, 6.07) is 8.68. The van der Waals surface area contributed by atoms with E-state index in [-0.39, 0.29) is 23.5 Å². The number of carbonyl (C=O) groups excluding carboxylic acids is 2. The third-order valence-electron chi connectivity index (χ3n) is 3.04. The highest BCUT2D eigenvalue weighted by Crippen LogP contribution is 2.37. The maximum Gasteiger partial charge on any atom is 0.175 e. The Morgan fingerprint density at radius 1 is 1.04 bits per heavy atom. The van der Waals surface area contributed by atoms with Crippen LogP contribution in [-0.2, 0) is 6.61 Å². The molecule has 0 aliphatic carbocycles. The third kappa shape index (κ3) is 4.01. The Morgan fingerprint density at radius 3 is 2.17 bits per heavy atom. The molecule has 120 valence electrons. The summed E-state index contributed by atoms with van der Waals surface area (Å²) in [5.74, 6) is -2.00. The van der Waals surface area contributed by atoms with Gasteiger partial charge in [0.25, 0.3) is 0 Å². The molecule has 2 aromatic carbocycles. The van der Waals surface area contributed by atoms with Crippen LogP contribution in [0.5, 0.6) is 11.5 Å². The van der Waals surface area contributed by atoms with Crippen molar-refractivity contribution in [3.63, 3.8) is 0 Å². The Hall–Kier alpha value is -2.54. The van der Waals surface area contributed by atoms with Crippen LogP contribution in [0.2, 0.25) is 0 Å². The minimum atomic E-state index is -1.33. The Morgan fingerprint density at radius 2 is 1.65 bits per heavy atom. The summed E-state index contributed by atoms with van der Waals surface area (Å²) in [5, 5.41) is 21.6. The third-order valence-corrected chi connectivity index (χ3v) is 3.63. The zero-order chi connectivity index (χ0) is 17.0. The quantitative estimate of drug-likeness (QED) is 0.735. The van der Waals surface area contributed by atoms with Gasteiger partial charge in [-0.2, -0.15) is 0 Å². The fourth-order valence-electron chi connectivity index (χ4n) is 1.87. The molecule has 0 spiro atoms. The lowest BCUT2D eigenvalue weighted by Gasteiger charge is -2.15. The molecular formula is C16H11BrO6-2. The van der Waals surface area contributed by atoms with Gasteiger partial charge in [0.15, 0.2) is 11.5 Å². The van der Waals surface area contributed by atoms with Crippen LogP contribution in [0.1, 0.15) is 26.3 Å². The fourth-order valence-corrected chi connectivity index (χ4v) is 2.43. The number of hydrogen-bond donors (Lipinski definition) is 0.